The van der Waals surface area contributed by atoms with Crippen molar-refractivity contribution in [2.45, 2.75) is 32.8 Å². The molecular weight excluding hydrogens is 244 g/mol. The van der Waals surface area contributed by atoms with Gasteiger partial charge in [-0.2, -0.15) is 0 Å². The molecule has 0 saturated heterocycles. The van der Waals surface area contributed by atoms with E-state index in [9.17, 15) is 9.59 Å². The molecule has 0 heterocycles. The van der Waals surface area contributed by atoms with E-state index >= 15 is 0 Å². The Morgan fingerprint density at radius 1 is 1.21 bits per heavy atom. The number of hydrogen-bond acceptors (Lipinski definition) is 3. The lowest BCUT2D eigenvalue weighted by atomic mass is 10.1. The normalized spacial score (nSPS) is 10.9. The number of carbonyl (C=O) groups excluding carboxylic acids is 2. The third-order valence-corrected chi connectivity index (χ3v) is 2.17. The summed E-state index contributed by atoms with van der Waals surface area (Å²) in [5.74, 6) is -0.0284. The van der Waals surface area contributed by atoms with Crippen LogP contribution < -0.4 is 15.8 Å². The van der Waals surface area contributed by atoms with Crippen LogP contribution in [-0.4, -0.2) is 24.0 Å². The number of nitrogens with two attached hydrogens (primary N) is 1. The van der Waals surface area contributed by atoms with Crippen molar-refractivity contribution in [3.8, 4) is 5.75 Å². The molecule has 2 amide bonds. The Bertz CT molecular complexity index is 447. The average molecular weight is 264 g/mol. The number of rotatable bonds is 5. The molecule has 5 heteroatoms. The fourth-order valence-electron chi connectivity index (χ4n) is 1.46. The zero-order valence-corrected chi connectivity index (χ0v) is 11.5. The second-order valence-electron chi connectivity index (χ2n) is 5.28. The molecule has 0 spiro atoms. The molecule has 104 valence electrons. The number of ether oxygens (including phenoxy) is 1. The molecule has 0 aliphatic rings. The van der Waals surface area contributed by atoms with Crippen LogP contribution in [0.5, 0.6) is 5.75 Å². The maximum Gasteiger partial charge on any atom is 0.236 e. The van der Waals surface area contributed by atoms with Crippen molar-refractivity contribution in [3.63, 3.8) is 0 Å². The highest BCUT2D eigenvalue weighted by molar-refractivity contribution is 5.84. The van der Waals surface area contributed by atoms with Gasteiger partial charge in [0.2, 0.25) is 11.8 Å². The third kappa shape index (κ3) is 6.45. The Morgan fingerprint density at radius 2 is 1.79 bits per heavy atom. The molecule has 1 aromatic carbocycles. The van der Waals surface area contributed by atoms with Crippen LogP contribution >= 0.6 is 0 Å². The van der Waals surface area contributed by atoms with E-state index in [1.165, 1.54) is 0 Å². The van der Waals surface area contributed by atoms with Gasteiger partial charge in [0.15, 0.2) is 0 Å². The summed E-state index contributed by atoms with van der Waals surface area (Å²) < 4.78 is 5.68. The molecule has 5 nitrogen and oxygen atoms in total. The van der Waals surface area contributed by atoms with Crippen molar-refractivity contribution in [1.29, 1.82) is 0 Å². The predicted octanol–water partition coefficient (Wildman–Crippen LogP) is 1.01. The molecule has 0 atom stereocenters. The summed E-state index contributed by atoms with van der Waals surface area (Å²) in [4.78, 5) is 22.0. The van der Waals surface area contributed by atoms with Crippen molar-refractivity contribution in [1.82, 2.24) is 5.32 Å². The lowest BCUT2D eigenvalue weighted by molar-refractivity contribution is -0.124. The smallest absolute Gasteiger partial charge is 0.236 e. The zero-order chi connectivity index (χ0) is 14.5. The van der Waals surface area contributed by atoms with E-state index in [-0.39, 0.29) is 24.5 Å². The fourth-order valence-corrected chi connectivity index (χ4v) is 1.46. The van der Waals surface area contributed by atoms with Crippen LogP contribution in [0.1, 0.15) is 26.3 Å². The summed E-state index contributed by atoms with van der Waals surface area (Å²) in [6.45, 7) is 5.78. The number of nitrogens with one attached hydrogen (secondary N) is 1. The van der Waals surface area contributed by atoms with E-state index in [1.54, 1.807) is 0 Å². The first-order chi connectivity index (χ1) is 8.76. The van der Waals surface area contributed by atoms with E-state index < -0.39 is 5.91 Å². The lowest BCUT2D eigenvalue weighted by Gasteiger charge is -2.21. The van der Waals surface area contributed by atoms with E-state index in [0.29, 0.717) is 0 Å². The van der Waals surface area contributed by atoms with E-state index in [1.807, 2.05) is 45.0 Å². The fraction of sp³-hybridized carbons (Fsp3) is 0.429. The van der Waals surface area contributed by atoms with E-state index in [4.69, 9.17) is 10.5 Å². The Morgan fingerprint density at radius 3 is 2.26 bits per heavy atom. The van der Waals surface area contributed by atoms with Gasteiger partial charge in [-0.1, -0.05) is 12.1 Å². The Kier molecular flexibility index (Phi) is 4.92. The first kappa shape index (κ1) is 15.0. The summed E-state index contributed by atoms with van der Waals surface area (Å²) in [7, 11) is 0. The molecule has 0 saturated carbocycles. The highest BCUT2D eigenvalue weighted by Gasteiger charge is 2.11. The van der Waals surface area contributed by atoms with Gasteiger partial charge in [-0.05, 0) is 38.5 Å². The van der Waals surface area contributed by atoms with Crippen molar-refractivity contribution < 1.29 is 14.3 Å². The molecule has 0 aromatic heterocycles. The molecule has 0 bridgehead atoms. The minimum absolute atomic E-state index is 0.135. The van der Waals surface area contributed by atoms with Gasteiger partial charge in [-0.15, -0.1) is 0 Å². The molecule has 0 fully saturated rings. The monoisotopic (exact) mass is 264 g/mol. The van der Waals surface area contributed by atoms with Crippen LogP contribution in [0.2, 0.25) is 0 Å². The Labute approximate surface area is 113 Å². The van der Waals surface area contributed by atoms with Gasteiger partial charge >= 0.3 is 0 Å². The van der Waals surface area contributed by atoms with Crippen LogP contribution in [0.15, 0.2) is 24.3 Å². The Balaban J connectivity index is 2.52. The number of carbonyl (C=O) groups is 2. The first-order valence-corrected chi connectivity index (χ1v) is 6.09. The third-order valence-electron chi connectivity index (χ3n) is 2.17. The summed E-state index contributed by atoms with van der Waals surface area (Å²) in [6, 6.07) is 7.29. The second kappa shape index (κ2) is 6.22. The molecule has 19 heavy (non-hydrogen) atoms. The molecule has 0 radical (unpaired) electrons. The maximum absolute atomic E-state index is 11.5. The van der Waals surface area contributed by atoms with Gasteiger partial charge in [0, 0.05) is 0 Å². The molecule has 3 N–H and O–H groups in total. The van der Waals surface area contributed by atoms with Crippen LogP contribution in [0.3, 0.4) is 0 Å². The van der Waals surface area contributed by atoms with E-state index in [0.717, 1.165) is 11.3 Å². The van der Waals surface area contributed by atoms with Crippen LogP contribution in [0.4, 0.5) is 0 Å². The van der Waals surface area contributed by atoms with Crippen molar-refractivity contribution in [3.05, 3.63) is 29.8 Å². The first-order valence-electron chi connectivity index (χ1n) is 6.09. The largest absolute Gasteiger partial charge is 0.488 e. The molecule has 1 rings (SSSR count). The standard InChI is InChI=1S/C14H20N2O3/c1-14(2,3)19-11-6-4-10(5-7-11)8-13(18)16-9-12(15)17/h4-7H,8-9H2,1-3H3,(H2,15,17)(H,16,18). The summed E-state index contributed by atoms with van der Waals surface area (Å²) >= 11 is 0. The number of hydrogen-bond donors (Lipinski definition) is 2. The van der Waals surface area contributed by atoms with Gasteiger partial charge < -0.3 is 15.8 Å². The van der Waals surface area contributed by atoms with E-state index in [2.05, 4.69) is 5.32 Å². The van der Waals surface area contributed by atoms with Gasteiger partial charge in [-0.25, -0.2) is 0 Å². The highest BCUT2D eigenvalue weighted by atomic mass is 16.5. The molecular formula is C14H20N2O3. The van der Waals surface area contributed by atoms with Gasteiger partial charge in [0.05, 0.1) is 13.0 Å². The van der Waals surface area contributed by atoms with Crippen molar-refractivity contribution in [2.24, 2.45) is 5.73 Å². The summed E-state index contributed by atoms with van der Waals surface area (Å²) in [5, 5.41) is 2.44. The quantitative estimate of drug-likeness (QED) is 0.832. The zero-order valence-electron chi connectivity index (χ0n) is 11.5. The minimum atomic E-state index is -0.553. The minimum Gasteiger partial charge on any atom is -0.488 e. The SMILES string of the molecule is CC(C)(C)Oc1ccc(CC(=O)NCC(N)=O)cc1. The number of primary amides is 1. The molecule has 1 aromatic rings. The maximum atomic E-state index is 11.5. The number of benzene rings is 1. The average Bonchev–Trinajstić information content (AvgIpc) is 2.27. The lowest BCUT2D eigenvalue weighted by Crippen LogP contribution is -2.34. The summed E-state index contributed by atoms with van der Waals surface area (Å²) in [5.41, 5.74) is 5.54. The highest BCUT2D eigenvalue weighted by Crippen LogP contribution is 2.18. The molecule has 0 aliphatic heterocycles. The topological polar surface area (TPSA) is 81.4 Å². The molecule has 0 aliphatic carbocycles. The van der Waals surface area contributed by atoms with Crippen LogP contribution in [0.25, 0.3) is 0 Å². The van der Waals surface area contributed by atoms with Gasteiger partial charge in [-0.3, -0.25) is 9.59 Å². The second-order valence-corrected chi connectivity index (χ2v) is 5.28. The van der Waals surface area contributed by atoms with Crippen LogP contribution in [0, 0.1) is 0 Å². The predicted molar refractivity (Wildman–Crippen MR) is 72.7 cm³/mol. The Hall–Kier alpha value is -2.04. The van der Waals surface area contributed by atoms with Gasteiger partial charge in [0.25, 0.3) is 0 Å². The van der Waals surface area contributed by atoms with Crippen LogP contribution in [-0.2, 0) is 16.0 Å². The molecule has 0 unspecified atom stereocenters. The summed E-state index contributed by atoms with van der Waals surface area (Å²) in [6.07, 6.45) is 0.211. The van der Waals surface area contributed by atoms with Crippen molar-refractivity contribution >= 4 is 11.8 Å². The van der Waals surface area contributed by atoms with Gasteiger partial charge in [0.1, 0.15) is 11.4 Å². The van der Waals surface area contributed by atoms with Crippen molar-refractivity contribution in [2.75, 3.05) is 6.54 Å². The number of amides is 2.